The molecular weight excluding hydrogens is 1170 g/mol. The molecule has 7 aromatic carbocycles. The van der Waals surface area contributed by atoms with Crippen LogP contribution in [0.4, 0.5) is 4.39 Å². The van der Waals surface area contributed by atoms with Crippen molar-refractivity contribution in [3.63, 3.8) is 0 Å². The van der Waals surface area contributed by atoms with Crippen molar-refractivity contribution in [1.82, 2.24) is 15.0 Å². The van der Waals surface area contributed by atoms with E-state index < -0.39 is 0 Å². The number of halogens is 1. The van der Waals surface area contributed by atoms with E-state index in [1.54, 1.807) is 0 Å². The summed E-state index contributed by atoms with van der Waals surface area (Å²) in [5.41, 5.74) is 22.8. The normalized spacial score (nSPS) is 15.7. The molecule has 0 amide bonds. The van der Waals surface area contributed by atoms with Crippen molar-refractivity contribution in [3.8, 4) is 78.3 Å². The number of hydrogen-bond acceptors (Lipinski definition) is 3. The second kappa shape index (κ2) is 23.6. The molecule has 0 aliphatic heterocycles. The van der Waals surface area contributed by atoms with Crippen molar-refractivity contribution in [2.45, 2.75) is 117 Å². The first-order valence-corrected chi connectivity index (χ1v) is 28.4. The van der Waals surface area contributed by atoms with Gasteiger partial charge in [-0.1, -0.05) is 199 Å². The Morgan fingerprint density at radius 1 is 0.420 bits per heavy atom. The zero-order valence-electron chi connectivity index (χ0n) is 48.2. The van der Waals surface area contributed by atoms with Crippen LogP contribution in [0.25, 0.3) is 78.3 Å². The maximum atomic E-state index is 14.0. The maximum Gasteiger partial charge on any atom is 3.00 e. The van der Waals surface area contributed by atoms with Crippen LogP contribution in [0.2, 0.25) is 0 Å². The molecule has 81 heavy (non-hydrogen) atoms. The van der Waals surface area contributed by atoms with Crippen molar-refractivity contribution in [2.75, 3.05) is 0 Å². The van der Waals surface area contributed by atoms with E-state index in [-0.39, 0.29) is 59.9 Å². The van der Waals surface area contributed by atoms with Crippen LogP contribution in [0, 0.1) is 29.4 Å². The van der Waals surface area contributed by atoms with Gasteiger partial charge in [0, 0.05) is 24.2 Å². The van der Waals surface area contributed by atoms with E-state index in [9.17, 15) is 4.39 Å². The molecule has 0 radical (unpaired) electrons. The van der Waals surface area contributed by atoms with E-state index in [2.05, 4.69) is 238 Å². The molecule has 2 atom stereocenters. The summed E-state index contributed by atoms with van der Waals surface area (Å²) in [5.74, 6) is 0.528. The molecule has 0 spiro atoms. The second-order valence-electron chi connectivity index (χ2n) is 25.4. The number of hydrogen-bond donors (Lipinski definition) is 0. The molecular formula is C76H71FIrN3. The minimum absolute atomic E-state index is 0. The molecule has 0 N–H and O–H groups in total. The zero-order valence-corrected chi connectivity index (χ0v) is 50.6. The van der Waals surface area contributed by atoms with E-state index >= 15 is 0 Å². The van der Waals surface area contributed by atoms with Crippen LogP contribution in [0.1, 0.15) is 133 Å². The molecule has 3 nitrogen and oxygen atoms in total. The minimum atomic E-state index is -0.244. The van der Waals surface area contributed by atoms with Gasteiger partial charge in [-0.15, -0.1) is 89.5 Å². The summed E-state index contributed by atoms with van der Waals surface area (Å²) in [5, 5.41) is 0. The fraction of sp³-hybridized carbons (Fsp3) is 0.250. The van der Waals surface area contributed by atoms with Crippen LogP contribution in [-0.2, 0) is 37.4 Å². The summed E-state index contributed by atoms with van der Waals surface area (Å²) < 4.78 is 14.0. The fourth-order valence-electron chi connectivity index (χ4n) is 12.0. The Morgan fingerprint density at radius 3 is 1.15 bits per heavy atom. The monoisotopic (exact) mass is 1240 g/mol. The van der Waals surface area contributed by atoms with Crippen LogP contribution in [0.3, 0.4) is 0 Å². The molecule has 10 aromatic rings. The van der Waals surface area contributed by atoms with Crippen LogP contribution < -0.4 is 0 Å². The number of pyridine rings is 3. The van der Waals surface area contributed by atoms with Gasteiger partial charge in [-0.05, 0) is 140 Å². The molecule has 1 aliphatic rings. The number of nitrogens with zero attached hydrogens (tertiary/aromatic N) is 3. The molecule has 2 unspecified atom stereocenters. The van der Waals surface area contributed by atoms with Crippen molar-refractivity contribution in [2.24, 2.45) is 5.41 Å². The number of aromatic nitrogens is 3. The molecule has 0 saturated heterocycles. The molecule has 5 heteroatoms. The average Bonchev–Trinajstić information content (AvgIpc) is 3.51. The zero-order chi connectivity index (χ0) is 55.8. The Labute approximate surface area is 494 Å². The van der Waals surface area contributed by atoms with Gasteiger partial charge in [0.2, 0.25) is 0 Å². The second-order valence-corrected chi connectivity index (χ2v) is 25.4. The van der Waals surface area contributed by atoms with Gasteiger partial charge in [-0.2, -0.15) is 0 Å². The fourth-order valence-corrected chi connectivity index (χ4v) is 12.0. The smallest absolute Gasteiger partial charge is 0.305 e. The Balaban J connectivity index is 0.00000736. The van der Waals surface area contributed by atoms with Crippen molar-refractivity contribution in [3.05, 3.63) is 258 Å². The third-order valence-corrected chi connectivity index (χ3v) is 16.2. The van der Waals surface area contributed by atoms with E-state index in [0.29, 0.717) is 0 Å². The van der Waals surface area contributed by atoms with Crippen LogP contribution >= 0.6 is 0 Å². The molecule has 406 valence electrons. The van der Waals surface area contributed by atoms with Crippen LogP contribution in [0.5, 0.6) is 0 Å². The van der Waals surface area contributed by atoms with E-state index in [1.165, 1.54) is 62.2 Å². The summed E-state index contributed by atoms with van der Waals surface area (Å²) in [4.78, 5) is 14.5. The average molecular weight is 1240 g/mol. The van der Waals surface area contributed by atoms with Gasteiger partial charge in [0.25, 0.3) is 0 Å². The van der Waals surface area contributed by atoms with Gasteiger partial charge in [0.15, 0.2) is 0 Å². The molecule has 3 aromatic heterocycles. The molecule has 3 heterocycles. The number of benzene rings is 7. The van der Waals surface area contributed by atoms with Gasteiger partial charge in [0.1, 0.15) is 5.82 Å². The Morgan fingerprint density at radius 2 is 0.790 bits per heavy atom. The van der Waals surface area contributed by atoms with Gasteiger partial charge < -0.3 is 15.0 Å². The van der Waals surface area contributed by atoms with Crippen molar-refractivity contribution < 1.29 is 24.5 Å². The third kappa shape index (κ3) is 12.9. The minimum Gasteiger partial charge on any atom is -0.305 e. The van der Waals surface area contributed by atoms with Crippen LogP contribution in [0.15, 0.2) is 201 Å². The van der Waals surface area contributed by atoms with E-state index in [1.807, 2.05) is 30.7 Å². The quantitative estimate of drug-likeness (QED) is 0.121. The maximum absolute atomic E-state index is 14.0. The van der Waals surface area contributed by atoms with Gasteiger partial charge in [-0.3, -0.25) is 0 Å². The van der Waals surface area contributed by atoms with Crippen molar-refractivity contribution in [1.29, 1.82) is 0 Å². The predicted molar refractivity (Wildman–Crippen MR) is 330 cm³/mol. The Hall–Kier alpha value is -7.43. The van der Waals surface area contributed by atoms with Gasteiger partial charge >= 0.3 is 20.1 Å². The molecule has 11 rings (SSSR count). The summed E-state index contributed by atoms with van der Waals surface area (Å²) in [7, 11) is 0. The third-order valence-electron chi connectivity index (χ3n) is 16.2. The largest absolute Gasteiger partial charge is 3.00 e. The standard InChI is InChI=1S/C76H71FN3.Ir/c1-74(2,3)48-60-45-71(80-49-70(60)53-34-36-63(77)37-35-53)54-28-22-50(23-29-54)64-16-10-13-19-67(64)57-42-58(68-20-14-11-17-65(68)51-24-30-55(31-25-51)72-46-61(38-40-78-72)75(4,5)6)44-59(43-57)69-21-15-12-18-66(69)52-26-32-56(33-27-52)73-47-62(39-41-79-73)76(7,8)9;/h10-28,30,32,34-41,45-47,49,57-59H,42-44,48H2,1-9H3;/q-3;+3. The molecule has 1 saturated carbocycles. The SMILES string of the molecule is CC(C)(C)Cc1cc(-c2[c-]cc(-c3ccccc3C3CC(c4ccccc4-c4c[c-]c(-c5cc(C(C)(C)C)ccn5)cc4)CC(c4ccccc4-c4c[c-]c(-c5cc(C(C)(C)C)ccn5)cc4)C3)cc2)ncc1-c1ccc(F)cc1.[Ir+3]. The topological polar surface area (TPSA) is 38.7 Å². The summed E-state index contributed by atoms with van der Waals surface area (Å²) >= 11 is 0. The Bertz CT molecular complexity index is 3630. The van der Waals surface area contributed by atoms with Gasteiger partial charge in [-0.25, -0.2) is 4.39 Å². The van der Waals surface area contributed by atoms with Crippen molar-refractivity contribution >= 4 is 0 Å². The Kier molecular flexibility index (Phi) is 16.5. The first-order valence-electron chi connectivity index (χ1n) is 28.4. The summed E-state index contributed by atoms with van der Waals surface area (Å²) in [6, 6.07) is 75.6. The molecule has 1 fully saturated rings. The summed E-state index contributed by atoms with van der Waals surface area (Å²) in [6.07, 6.45) is 9.65. The summed E-state index contributed by atoms with van der Waals surface area (Å²) in [6.45, 7) is 20.2. The van der Waals surface area contributed by atoms with E-state index in [4.69, 9.17) is 15.0 Å². The first-order chi connectivity index (χ1) is 38.4. The number of rotatable bonds is 11. The molecule has 0 bridgehead atoms. The van der Waals surface area contributed by atoms with Crippen LogP contribution in [-0.4, -0.2) is 15.0 Å². The molecule has 1 aliphatic carbocycles. The van der Waals surface area contributed by atoms with Gasteiger partial charge in [0.05, 0.1) is 0 Å². The first kappa shape index (κ1) is 56.8. The van der Waals surface area contributed by atoms with E-state index in [0.717, 1.165) is 87.3 Å². The predicted octanol–water partition coefficient (Wildman–Crippen LogP) is 20.1.